The van der Waals surface area contributed by atoms with Gasteiger partial charge in [0.15, 0.2) is 0 Å². The third kappa shape index (κ3) is 9.37. The van der Waals surface area contributed by atoms with E-state index in [1.807, 2.05) is 74.5 Å². The summed E-state index contributed by atoms with van der Waals surface area (Å²) < 4.78 is 5.88. The van der Waals surface area contributed by atoms with Crippen LogP contribution < -0.4 is 21.3 Å². The highest BCUT2D eigenvalue weighted by Gasteiger charge is 2.37. The van der Waals surface area contributed by atoms with Gasteiger partial charge in [0.05, 0.1) is 6.04 Å². The normalized spacial score (nSPS) is 18.6. The first-order valence-electron chi connectivity index (χ1n) is 15.4. The van der Waals surface area contributed by atoms with Crippen molar-refractivity contribution >= 4 is 29.6 Å². The molecule has 4 amide bonds. The summed E-state index contributed by atoms with van der Waals surface area (Å²) in [6.45, 7) is 6.19. The second-order valence-corrected chi connectivity index (χ2v) is 11.8. The summed E-state index contributed by atoms with van der Waals surface area (Å²) in [5, 5.41) is 11.3. The van der Waals surface area contributed by atoms with Gasteiger partial charge in [0, 0.05) is 45.1 Å². The minimum atomic E-state index is -1.21. The van der Waals surface area contributed by atoms with Crippen LogP contribution in [0.4, 0.5) is 4.79 Å². The minimum Gasteiger partial charge on any atom is -0.441 e. The summed E-state index contributed by atoms with van der Waals surface area (Å²) in [6.07, 6.45) is -0.165. The molecule has 2 aromatic carbocycles. The monoisotopic (exact) mass is 605 g/mol. The van der Waals surface area contributed by atoms with Gasteiger partial charge in [-0.2, -0.15) is 0 Å². The third-order valence-electron chi connectivity index (χ3n) is 7.93. The fraction of sp³-hybridized carbons (Fsp3) is 0.485. The average Bonchev–Trinajstić information content (AvgIpc) is 3.44. The van der Waals surface area contributed by atoms with E-state index in [9.17, 15) is 24.0 Å². The Labute approximate surface area is 258 Å². The van der Waals surface area contributed by atoms with E-state index < -0.39 is 47.8 Å². The van der Waals surface area contributed by atoms with E-state index in [0.717, 1.165) is 11.1 Å². The van der Waals surface area contributed by atoms with Gasteiger partial charge < -0.3 is 30.9 Å². The van der Waals surface area contributed by atoms with Gasteiger partial charge in [-0.1, -0.05) is 74.5 Å². The molecule has 11 nitrogen and oxygen atoms in total. The van der Waals surface area contributed by atoms with Gasteiger partial charge in [0.2, 0.25) is 17.6 Å². The molecule has 0 aromatic heterocycles. The van der Waals surface area contributed by atoms with Crippen molar-refractivity contribution in [3.05, 3.63) is 71.8 Å². The first-order chi connectivity index (χ1) is 21.2. The molecule has 0 aliphatic carbocycles. The summed E-state index contributed by atoms with van der Waals surface area (Å²) in [4.78, 5) is 67.3. The Hall–Kier alpha value is -4.25. The second kappa shape index (κ2) is 16.0. The van der Waals surface area contributed by atoms with Gasteiger partial charge in [-0.25, -0.2) is 4.79 Å². The lowest BCUT2D eigenvalue weighted by Gasteiger charge is -2.29. The molecule has 4 N–H and O–H groups in total. The number of amides is 4. The van der Waals surface area contributed by atoms with Gasteiger partial charge >= 0.3 is 6.09 Å². The van der Waals surface area contributed by atoms with Crippen LogP contribution in [0.25, 0.3) is 0 Å². The summed E-state index contributed by atoms with van der Waals surface area (Å²) >= 11 is 0. The number of ketones is 1. The molecule has 0 radical (unpaired) electrons. The van der Waals surface area contributed by atoms with Crippen LogP contribution in [0.1, 0.15) is 50.3 Å². The smallest absolute Gasteiger partial charge is 0.408 e. The molecular weight excluding hydrogens is 562 g/mol. The molecule has 1 unspecified atom stereocenters. The molecular formula is C33H43N5O6. The van der Waals surface area contributed by atoms with Gasteiger partial charge in [-0.15, -0.1) is 0 Å². The minimum absolute atomic E-state index is 0.000237. The predicted molar refractivity (Wildman–Crippen MR) is 164 cm³/mol. The SMILES string of the molecule is CC(C)C[C@H](NC(=O)OC(Cc1ccccc1)c1ccccc1)C(=O)N[C@@H](C[C@@H]1CCNC1=O)C(=O)C(=O)N1CCNCC1. The Morgan fingerprint density at radius 2 is 1.57 bits per heavy atom. The number of Topliss-reactive ketones (excluding diaryl/α,β-unsaturated/α-hetero) is 1. The quantitative estimate of drug-likeness (QED) is 0.256. The van der Waals surface area contributed by atoms with Crippen LogP contribution in [0.2, 0.25) is 0 Å². The summed E-state index contributed by atoms with van der Waals surface area (Å²) in [5.41, 5.74) is 1.79. The summed E-state index contributed by atoms with van der Waals surface area (Å²) in [7, 11) is 0. The molecule has 0 saturated carbocycles. The topological polar surface area (TPSA) is 146 Å². The number of carbonyl (C=O) groups excluding carboxylic acids is 5. The zero-order chi connectivity index (χ0) is 31.5. The van der Waals surface area contributed by atoms with Crippen molar-refractivity contribution < 1.29 is 28.7 Å². The highest BCUT2D eigenvalue weighted by molar-refractivity contribution is 6.38. The van der Waals surface area contributed by atoms with Crippen molar-refractivity contribution in [2.45, 2.75) is 57.7 Å². The van der Waals surface area contributed by atoms with Crippen molar-refractivity contribution in [3.8, 4) is 0 Å². The van der Waals surface area contributed by atoms with Crippen molar-refractivity contribution in [2.75, 3.05) is 32.7 Å². The van der Waals surface area contributed by atoms with Crippen molar-refractivity contribution in [1.29, 1.82) is 0 Å². The Morgan fingerprint density at radius 3 is 2.18 bits per heavy atom. The molecule has 2 aliphatic heterocycles. The van der Waals surface area contributed by atoms with E-state index in [0.29, 0.717) is 45.6 Å². The van der Waals surface area contributed by atoms with Gasteiger partial charge in [0.1, 0.15) is 12.1 Å². The molecule has 44 heavy (non-hydrogen) atoms. The van der Waals surface area contributed by atoms with Gasteiger partial charge in [0.25, 0.3) is 5.91 Å². The van der Waals surface area contributed by atoms with E-state index in [-0.39, 0.29) is 24.7 Å². The third-order valence-corrected chi connectivity index (χ3v) is 7.93. The maximum absolute atomic E-state index is 13.7. The highest BCUT2D eigenvalue weighted by atomic mass is 16.6. The van der Waals surface area contributed by atoms with Crippen LogP contribution in [0.15, 0.2) is 60.7 Å². The predicted octanol–water partition coefficient (Wildman–Crippen LogP) is 2.12. The van der Waals surface area contributed by atoms with E-state index in [2.05, 4.69) is 21.3 Å². The second-order valence-electron chi connectivity index (χ2n) is 11.8. The number of hydrogen-bond donors (Lipinski definition) is 4. The van der Waals surface area contributed by atoms with Gasteiger partial charge in [-0.05, 0) is 36.3 Å². The van der Waals surface area contributed by atoms with Crippen LogP contribution in [0, 0.1) is 11.8 Å². The number of nitrogens with zero attached hydrogens (tertiary/aromatic N) is 1. The first-order valence-corrected chi connectivity index (χ1v) is 15.4. The number of rotatable bonds is 13. The molecule has 0 spiro atoms. The van der Waals surface area contributed by atoms with Crippen LogP contribution in [-0.2, 0) is 30.3 Å². The first kappa shape index (κ1) is 32.7. The van der Waals surface area contributed by atoms with E-state index in [1.165, 1.54) is 4.90 Å². The summed E-state index contributed by atoms with van der Waals surface area (Å²) in [6, 6.07) is 16.8. The molecule has 236 valence electrons. The standard InChI is InChI=1S/C33H43N5O6/c1-22(2)19-27(37-33(43)44-28(24-11-7-4-8-12-24)20-23-9-5-3-6-10-23)31(41)36-26(21-25-13-14-35-30(25)40)29(39)32(42)38-17-15-34-16-18-38/h3-12,22,25-28,34H,13-21H2,1-2H3,(H,35,40)(H,36,41)(H,37,43)/t25-,26-,27-,28?/m0/s1. The molecule has 2 aromatic rings. The van der Waals surface area contributed by atoms with E-state index in [1.54, 1.807) is 0 Å². The molecule has 2 heterocycles. The maximum atomic E-state index is 13.7. The molecule has 11 heteroatoms. The fourth-order valence-corrected chi connectivity index (χ4v) is 5.56. The lowest BCUT2D eigenvalue weighted by Crippen LogP contribution is -2.57. The zero-order valence-corrected chi connectivity index (χ0v) is 25.4. The fourth-order valence-electron chi connectivity index (χ4n) is 5.56. The van der Waals surface area contributed by atoms with Crippen LogP contribution >= 0.6 is 0 Å². The number of carbonyl (C=O) groups is 5. The van der Waals surface area contributed by atoms with Gasteiger partial charge in [-0.3, -0.25) is 19.2 Å². The average molecular weight is 606 g/mol. The Morgan fingerprint density at radius 1 is 0.909 bits per heavy atom. The highest BCUT2D eigenvalue weighted by Crippen LogP contribution is 2.23. The molecule has 0 bridgehead atoms. The number of benzene rings is 2. The van der Waals surface area contributed by atoms with Crippen molar-refractivity contribution in [2.24, 2.45) is 11.8 Å². The number of piperazine rings is 1. The molecule has 4 rings (SSSR count). The maximum Gasteiger partial charge on any atom is 0.408 e. The number of hydrogen-bond acceptors (Lipinski definition) is 7. The molecule has 2 saturated heterocycles. The Balaban J connectivity index is 1.48. The molecule has 2 aliphatic rings. The van der Waals surface area contributed by atoms with Crippen molar-refractivity contribution in [1.82, 2.24) is 26.2 Å². The lowest BCUT2D eigenvalue weighted by molar-refractivity contribution is -0.147. The molecule has 2 fully saturated rings. The van der Waals surface area contributed by atoms with Crippen molar-refractivity contribution in [3.63, 3.8) is 0 Å². The molecule has 4 atom stereocenters. The van der Waals surface area contributed by atoms with Crippen LogP contribution in [0.3, 0.4) is 0 Å². The Bertz CT molecular complexity index is 1280. The summed E-state index contributed by atoms with van der Waals surface area (Å²) in [5.74, 6) is -2.77. The number of nitrogens with one attached hydrogen (secondary N) is 4. The largest absolute Gasteiger partial charge is 0.441 e. The zero-order valence-electron chi connectivity index (χ0n) is 25.4. The van der Waals surface area contributed by atoms with E-state index in [4.69, 9.17) is 4.74 Å². The van der Waals surface area contributed by atoms with Crippen LogP contribution in [0.5, 0.6) is 0 Å². The lowest BCUT2D eigenvalue weighted by atomic mass is 9.94. The Kier molecular flexibility index (Phi) is 11.9. The van der Waals surface area contributed by atoms with Crippen LogP contribution in [-0.4, -0.2) is 79.3 Å². The van der Waals surface area contributed by atoms with E-state index >= 15 is 0 Å². The number of ether oxygens (including phenoxy) is 1. The number of alkyl carbamates (subject to hydrolysis) is 1.